The van der Waals surface area contributed by atoms with Gasteiger partial charge in [0, 0.05) is 25.5 Å². The van der Waals surface area contributed by atoms with Gasteiger partial charge in [-0.3, -0.25) is 14.4 Å². The molecule has 1 atom stereocenters. The zero-order chi connectivity index (χ0) is 13.0. The molecule has 1 N–H and O–H groups in total. The summed E-state index contributed by atoms with van der Waals surface area (Å²) in [6.45, 7) is 4.41. The van der Waals surface area contributed by atoms with E-state index in [0.717, 1.165) is 45.3 Å². The minimum atomic E-state index is -0.693. The average molecular weight is 251 g/mol. The lowest BCUT2D eigenvalue weighted by Crippen LogP contribution is -2.55. The van der Waals surface area contributed by atoms with Gasteiger partial charge < -0.3 is 5.11 Å². The number of aryl methyl sites for hydroxylation is 1. The lowest BCUT2D eigenvalue weighted by atomic mass is 9.88. The van der Waals surface area contributed by atoms with Crippen LogP contribution in [0.5, 0.6) is 0 Å². The smallest absolute Gasteiger partial charge is 0.323 e. The molecule has 1 aromatic heterocycles. The molecule has 5 nitrogen and oxygen atoms in total. The molecule has 0 radical (unpaired) electrons. The Balaban J connectivity index is 1.88. The Morgan fingerprint density at radius 3 is 2.94 bits per heavy atom. The summed E-state index contributed by atoms with van der Waals surface area (Å²) in [5.41, 5.74) is -0.678. The summed E-state index contributed by atoms with van der Waals surface area (Å²) in [4.78, 5) is 13.5. The predicted molar refractivity (Wildman–Crippen MR) is 68.3 cm³/mol. The molecule has 0 aliphatic carbocycles. The number of carbonyl (C=O) groups is 1. The van der Waals surface area contributed by atoms with Gasteiger partial charge in [0.15, 0.2) is 0 Å². The molecule has 1 aromatic rings. The average Bonchev–Trinajstić information content (AvgIpc) is 2.84. The Kier molecular flexibility index (Phi) is 4.01. The number of piperidine rings is 1. The van der Waals surface area contributed by atoms with E-state index in [1.54, 1.807) is 6.20 Å². The second kappa shape index (κ2) is 5.52. The van der Waals surface area contributed by atoms with Crippen LogP contribution in [-0.2, 0) is 11.3 Å². The maximum Gasteiger partial charge on any atom is 0.323 e. The molecule has 0 saturated carbocycles. The molecule has 1 aliphatic rings. The van der Waals surface area contributed by atoms with Crippen molar-refractivity contribution in [3.05, 3.63) is 18.5 Å². The molecular formula is C13H21N3O2. The highest BCUT2D eigenvalue weighted by Gasteiger charge is 2.40. The van der Waals surface area contributed by atoms with Gasteiger partial charge in [0.1, 0.15) is 5.54 Å². The van der Waals surface area contributed by atoms with Gasteiger partial charge in [-0.05, 0) is 45.2 Å². The molecule has 0 bridgehead atoms. The molecule has 0 spiro atoms. The lowest BCUT2D eigenvalue weighted by Gasteiger charge is -2.41. The monoisotopic (exact) mass is 251 g/mol. The standard InChI is InChI=1S/C13H21N3O2/c1-13(12(17)18)6-2-3-8-15(13)9-5-11-16-10-4-7-14-16/h4,7,10H,2-3,5-6,8-9,11H2,1H3,(H,17,18)/t13-/m0/s1. The third-order valence-electron chi connectivity index (χ3n) is 3.87. The van der Waals surface area contributed by atoms with E-state index in [0.29, 0.717) is 0 Å². The van der Waals surface area contributed by atoms with Crippen molar-refractivity contribution in [2.75, 3.05) is 13.1 Å². The lowest BCUT2D eigenvalue weighted by molar-refractivity contribution is -0.153. The van der Waals surface area contributed by atoms with Gasteiger partial charge in [-0.25, -0.2) is 0 Å². The fourth-order valence-corrected chi connectivity index (χ4v) is 2.63. The van der Waals surface area contributed by atoms with Gasteiger partial charge >= 0.3 is 5.97 Å². The third kappa shape index (κ3) is 2.72. The van der Waals surface area contributed by atoms with Crippen LogP contribution in [0.3, 0.4) is 0 Å². The van der Waals surface area contributed by atoms with Gasteiger partial charge in [0.25, 0.3) is 0 Å². The summed E-state index contributed by atoms with van der Waals surface area (Å²) in [5.74, 6) is -0.693. The first-order chi connectivity index (χ1) is 8.63. The number of carboxylic acid groups (broad SMARTS) is 1. The van der Waals surface area contributed by atoms with E-state index in [4.69, 9.17) is 0 Å². The van der Waals surface area contributed by atoms with E-state index >= 15 is 0 Å². The van der Waals surface area contributed by atoms with E-state index in [9.17, 15) is 9.90 Å². The summed E-state index contributed by atoms with van der Waals surface area (Å²) < 4.78 is 1.89. The summed E-state index contributed by atoms with van der Waals surface area (Å²) in [6, 6.07) is 1.91. The summed E-state index contributed by atoms with van der Waals surface area (Å²) in [7, 11) is 0. The Morgan fingerprint density at radius 2 is 2.28 bits per heavy atom. The molecule has 18 heavy (non-hydrogen) atoms. The molecule has 0 unspecified atom stereocenters. The van der Waals surface area contributed by atoms with E-state index < -0.39 is 11.5 Å². The Morgan fingerprint density at radius 1 is 1.44 bits per heavy atom. The second-order valence-electron chi connectivity index (χ2n) is 5.15. The molecule has 5 heteroatoms. The summed E-state index contributed by atoms with van der Waals surface area (Å²) in [6.07, 6.45) is 7.51. The zero-order valence-electron chi connectivity index (χ0n) is 10.9. The van der Waals surface area contributed by atoms with Crippen molar-refractivity contribution in [2.45, 2.75) is 44.7 Å². The first-order valence-electron chi connectivity index (χ1n) is 6.59. The Hall–Kier alpha value is -1.36. The van der Waals surface area contributed by atoms with Gasteiger partial charge in [-0.2, -0.15) is 5.10 Å². The number of aromatic nitrogens is 2. The highest BCUT2D eigenvalue weighted by atomic mass is 16.4. The minimum absolute atomic E-state index is 0.678. The van der Waals surface area contributed by atoms with Crippen LogP contribution < -0.4 is 0 Å². The summed E-state index contributed by atoms with van der Waals surface area (Å²) in [5, 5.41) is 13.5. The number of rotatable bonds is 5. The van der Waals surface area contributed by atoms with Crippen LogP contribution in [0.2, 0.25) is 0 Å². The van der Waals surface area contributed by atoms with E-state index in [2.05, 4.69) is 10.00 Å². The quantitative estimate of drug-likeness (QED) is 0.863. The number of hydrogen-bond donors (Lipinski definition) is 1. The van der Waals surface area contributed by atoms with E-state index in [1.807, 2.05) is 23.9 Å². The van der Waals surface area contributed by atoms with Crippen LogP contribution in [0.1, 0.15) is 32.6 Å². The van der Waals surface area contributed by atoms with E-state index in [-0.39, 0.29) is 0 Å². The molecule has 0 amide bonds. The fourth-order valence-electron chi connectivity index (χ4n) is 2.63. The molecular weight excluding hydrogens is 230 g/mol. The summed E-state index contributed by atoms with van der Waals surface area (Å²) >= 11 is 0. The molecule has 1 saturated heterocycles. The molecule has 2 heterocycles. The fraction of sp³-hybridized carbons (Fsp3) is 0.692. The second-order valence-corrected chi connectivity index (χ2v) is 5.15. The zero-order valence-corrected chi connectivity index (χ0v) is 10.9. The number of aliphatic carboxylic acids is 1. The highest BCUT2D eigenvalue weighted by Crippen LogP contribution is 2.28. The van der Waals surface area contributed by atoms with Gasteiger partial charge in [-0.1, -0.05) is 0 Å². The topological polar surface area (TPSA) is 58.4 Å². The van der Waals surface area contributed by atoms with Gasteiger partial charge in [0.2, 0.25) is 0 Å². The number of hydrogen-bond acceptors (Lipinski definition) is 3. The van der Waals surface area contributed by atoms with Crippen molar-refractivity contribution in [1.29, 1.82) is 0 Å². The molecule has 0 aromatic carbocycles. The SMILES string of the molecule is C[C@@]1(C(=O)O)CCCCN1CCCn1cccn1. The Bertz CT molecular complexity index is 391. The van der Waals surface area contributed by atoms with Crippen molar-refractivity contribution < 1.29 is 9.90 Å². The van der Waals surface area contributed by atoms with Crippen LogP contribution in [0.4, 0.5) is 0 Å². The van der Waals surface area contributed by atoms with Gasteiger partial charge in [-0.15, -0.1) is 0 Å². The van der Waals surface area contributed by atoms with E-state index in [1.165, 1.54) is 0 Å². The van der Waals surface area contributed by atoms with Crippen molar-refractivity contribution in [2.24, 2.45) is 0 Å². The molecule has 2 rings (SSSR count). The number of nitrogens with zero attached hydrogens (tertiary/aromatic N) is 3. The normalized spacial score (nSPS) is 25.2. The maximum atomic E-state index is 11.4. The van der Waals surface area contributed by atoms with Crippen molar-refractivity contribution in [3.8, 4) is 0 Å². The first-order valence-corrected chi connectivity index (χ1v) is 6.59. The van der Waals surface area contributed by atoms with Crippen LogP contribution in [-0.4, -0.2) is 44.4 Å². The maximum absolute atomic E-state index is 11.4. The largest absolute Gasteiger partial charge is 0.480 e. The molecule has 100 valence electrons. The highest BCUT2D eigenvalue weighted by molar-refractivity contribution is 5.78. The number of likely N-dealkylation sites (tertiary alicyclic amines) is 1. The van der Waals surface area contributed by atoms with Crippen LogP contribution in [0.15, 0.2) is 18.5 Å². The van der Waals surface area contributed by atoms with Crippen LogP contribution >= 0.6 is 0 Å². The minimum Gasteiger partial charge on any atom is -0.480 e. The predicted octanol–water partition coefficient (Wildman–Crippen LogP) is 1.60. The first kappa shape index (κ1) is 13.1. The molecule has 1 fully saturated rings. The van der Waals surface area contributed by atoms with Crippen molar-refractivity contribution in [1.82, 2.24) is 14.7 Å². The third-order valence-corrected chi connectivity index (χ3v) is 3.87. The van der Waals surface area contributed by atoms with Crippen LogP contribution in [0, 0.1) is 0 Å². The van der Waals surface area contributed by atoms with Crippen molar-refractivity contribution in [3.63, 3.8) is 0 Å². The number of carboxylic acids is 1. The van der Waals surface area contributed by atoms with Crippen molar-refractivity contribution >= 4 is 5.97 Å². The van der Waals surface area contributed by atoms with Crippen LogP contribution in [0.25, 0.3) is 0 Å². The Labute approximate surface area is 107 Å². The molecule has 1 aliphatic heterocycles. The van der Waals surface area contributed by atoms with Gasteiger partial charge in [0.05, 0.1) is 0 Å².